The highest BCUT2D eigenvalue weighted by Crippen LogP contribution is 2.27. The van der Waals surface area contributed by atoms with E-state index in [-0.39, 0.29) is 0 Å². The van der Waals surface area contributed by atoms with E-state index in [2.05, 4.69) is 16.0 Å². The summed E-state index contributed by atoms with van der Waals surface area (Å²) in [6.45, 7) is 0.407. The molecule has 0 bridgehead atoms. The first-order chi connectivity index (χ1) is 10.8. The highest BCUT2D eigenvalue weighted by Gasteiger charge is 2.19. The van der Waals surface area contributed by atoms with Gasteiger partial charge in [-0.1, -0.05) is 12.1 Å². The first kappa shape index (κ1) is 12.4. The number of hydrogen-bond acceptors (Lipinski definition) is 5. The minimum absolute atomic E-state index is 0.347. The van der Waals surface area contributed by atoms with Crippen LogP contribution in [0.4, 0.5) is 5.82 Å². The Hall–Kier alpha value is -3.33. The van der Waals surface area contributed by atoms with E-state index in [1.54, 1.807) is 10.8 Å². The molecule has 0 aliphatic heterocycles. The summed E-state index contributed by atoms with van der Waals surface area (Å²) in [6, 6.07) is 13.3. The van der Waals surface area contributed by atoms with E-state index in [0.717, 1.165) is 16.8 Å². The highest BCUT2D eigenvalue weighted by molar-refractivity contribution is 5.92. The summed E-state index contributed by atoms with van der Waals surface area (Å²) in [6.07, 6.45) is 1.60. The molecule has 3 heterocycles. The number of nitrogens with zero attached hydrogens (tertiary/aromatic N) is 4. The molecule has 106 valence electrons. The molecule has 4 rings (SSSR count). The fourth-order valence-corrected chi connectivity index (χ4v) is 2.55. The molecule has 0 amide bonds. The Labute approximate surface area is 125 Å². The van der Waals surface area contributed by atoms with Crippen LogP contribution >= 0.6 is 0 Å². The second-order valence-electron chi connectivity index (χ2n) is 4.92. The van der Waals surface area contributed by atoms with Gasteiger partial charge in [-0.15, -0.1) is 0 Å². The number of aromatic nitrogens is 3. The van der Waals surface area contributed by atoms with Crippen LogP contribution in [0.5, 0.6) is 0 Å². The molecule has 6 heteroatoms. The molecule has 0 aliphatic rings. The van der Waals surface area contributed by atoms with Gasteiger partial charge < -0.3 is 14.7 Å². The zero-order valence-electron chi connectivity index (χ0n) is 11.5. The van der Waals surface area contributed by atoms with Gasteiger partial charge in [0.25, 0.3) is 0 Å². The predicted molar refractivity (Wildman–Crippen MR) is 82.0 cm³/mol. The molecule has 0 atom stereocenters. The van der Waals surface area contributed by atoms with Crippen molar-refractivity contribution in [2.45, 2.75) is 6.54 Å². The van der Waals surface area contributed by atoms with Gasteiger partial charge >= 0.3 is 0 Å². The third-order valence-electron chi connectivity index (χ3n) is 3.60. The minimum Gasteiger partial charge on any atom is -0.467 e. The van der Waals surface area contributed by atoms with E-state index in [0.29, 0.717) is 29.1 Å². The van der Waals surface area contributed by atoms with Gasteiger partial charge in [-0.2, -0.15) is 5.26 Å². The van der Waals surface area contributed by atoms with E-state index in [1.165, 1.54) is 0 Å². The molecule has 4 aromatic rings. The zero-order valence-corrected chi connectivity index (χ0v) is 11.5. The largest absolute Gasteiger partial charge is 0.467 e. The summed E-state index contributed by atoms with van der Waals surface area (Å²) in [5.74, 6) is 1.09. The van der Waals surface area contributed by atoms with Crippen molar-refractivity contribution in [3.63, 3.8) is 0 Å². The number of benzene rings is 1. The van der Waals surface area contributed by atoms with Crippen LogP contribution < -0.4 is 5.73 Å². The fourth-order valence-electron chi connectivity index (χ4n) is 2.55. The fraction of sp³-hybridized carbons (Fsp3) is 0.0625. The van der Waals surface area contributed by atoms with Crippen LogP contribution in [0.15, 0.2) is 47.1 Å². The van der Waals surface area contributed by atoms with Crippen molar-refractivity contribution < 1.29 is 4.42 Å². The zero-order chi connectivity index (χ0) is 15.1. The van der Waals surface area contributed by atoms with E-state index in [1.807, 2.05) is 36.4 Å². The maximum atomic E-state index is 9.39. The average molecular weight is 289 g/mol. The number of fused-ring (bicyclic) bond motifs is 2. The van der Waals surface area contributed by atoms with Crippen LogP contribution in [-0.4, -0.2) is 14.5 Å². The van der Waals surface area contributed by atoms with Crippen LogP contribution in [0.25, 0.3) is 22.2 Å². The Morgan fingerprint density at radius 2 is 1.91 bits per heavy atom. The first-order valence-electron chi connectivity index (χ1n) is 6.75. The Bertz CT molecular complexity index is 1020. The maximum absolute atomic E-state index is 9.39. The second kappa shape index (κ2) is 4.60. The Kier molecular flexibility index (Phi) is 2.60. The molecule has 0 spiro atoms. The normalized spacial score (nSPS) is 11.0. The van der Waals surface area contributed by atoms with Crippen LogP contribution in [0.3, 0.4) is 0 Å². The summed E-state index contributed by atoms with van der Waals surface area (Å²) in [5.41, 5.74) is 9.08. The molecule has 0 fully saturated rings. The van der Waals surface area contributed by atoms with Gasteiger partial charge in [-0.05, 0) is 24.3 Å². The Balaban J connectivity index is 2.04. The Morgan fingerprint density at radius 3 is 2.59 bits per heavy atom. The topological polar surface area (TPSA) is 93.7 Å². The first-order valence-corrected chi connectivity index (χ1v) is 6.75. The van der Waals surface area contributed by atoms with Crippen LogP contribution in [0, 0.1) is 11.3 Å². The van der Waals surface area contributed by atoms with Gasteiger partial charge in [0.05, 0.1) is 23.8 Å². The number of nitrogen functional groups attached to an aromatic ring is 1. The molecule has 0 saturated heterocycles. The van der Waals surface area contributed by atoms with Crippen molar-refractivity contribution >= 4 is 28.0 Å². The number of anilines is 1. The van der Waals surface area contributed by atoms with Crippen molar-refractivity contribution in [3.8, 4) is 6.07 Å². The highest BCUT2D eigenvalue weighted by atomic mass is 16.3. The van der Waals surface area contributed by atoms with Gasteiger partial charge in [-0.3, -0.25) is 0 Å². The summed E-state index contributed by atoms with van der Waals surface area (Å²) in [4.78, 5) is 9.16. The van der Waals surface area contributed by atoms with Crippen LogP contribution in [0.2, 0.25) is 0 Å². The van der Waals surface area contributed by atoms with E-state index in [4.69, 9.17) is 10.2 Å². The lowest BCUT2D eigenvalue weighted by molar-refractivity contribution is 0.497. The third-order valence-corrected chi connectivity index (χ3v) is 3.60. The Morgan fingerprint density at radius 1 is 1.14 bits per heavy atom. The molecule has 0 aliphatic carbocycles. The van der Waals surface area contributed by atoms with Crippen LogP contribution in [0.1, 0.15) is 11.3 Å². The lowest BCUT2D eigenvalue weighted by Gasteiger charge is -2.05. The van der Waals surface area contributed by atoms with E-state index < -0.39 is 0 Å². The summed E-state index contributed by atoms with van der Waals surface area (Å²) < 4.78 is 7.12. The number of para-hydroxylation sites is 2. The molecule has 6 nitrogen and oxygen atoms in total. The summed E-state index contributed by atoms with van der Waals surface area (Å²) in [7, 11) is 0. The number of nitriles is 1. The van der Waals surface area contributed by atoms with Gasteiger partial charge in [0.15, 0.2) is 5.65 Å². The number of rotatable bonds is 2. The lowest BCUT2D eigenvalue weighted by atomic mass is 10.2. The van der Waals surface area contributed by atoms with Gasteiger partial charge in [0, 0.05) is 0 Å². The summed E-state index contributed by atoms with van der Waals surface area (Å²) in [5, 5.41) is 9.39. The molecular weight excluding hydrogens is 278 g/mol. The van der Waals surface area contributed by atoms with Crippen molar-refractivity contribution in [3.05, 3.63) is 54.0 Å². The van der Waals surface area contributed by atoms with Crippen molar-refractivity contribution in [1.29, 1.82) is 5.26 Å². The second-order valence-corrected chi connectivity index (χ2v) is 4.92. The van der Waals surface area contributed by atoms with E-state index >= 15 is 0 Å². The molecule has 1 aromatic carbocycles. The van der Waals surface area contributed by atoms with Crippen molar-refractivity contribution in [2.75, 3.05) is 5.73 Å². The van der Waals surface area contributed by atoms with Crippen molar-refractivity contribution in [2.24, 2.45) is 0 Å². The standard InChI is InChI=1S/C16H11N5O/c17-8-11-14-16(20-13-6-2-1-5-12(13)19-14)21(15(11)18)9-10-4-3-7-22-10/h1-7H,9,18H2. The summed E-state index contributed by atoms with van der Waals surface area (Å²) >= 11 is 0. The maximum Gasteiger partial charge on any atom is 0.162 e. The predicted octanol–water partition coefficient (Wildman–Crippen LogP) is 2.68. The van der Waals surface area contributed by atoms with E-state index in [9.17, 15) is 5.26 Å². The molecule has 22 heavy (non-hydrogen) atoms. The smallest absolute Gasteiger partial charge is 0.162 e. The third kappa shape index (κ3) is 1.73. The minimum atomic E-state index is 0.347. The number of nitrogens with two attached hydrogens (primary N) is 1. The monoisotopic (exact) mass is 289 g/mol. The molecule has 0 saturated carbocycles. The molecule has 2 N–H and O–H groups in total. The quantitative estimate of drug-likeness (QED) is 0.612. The number of furan rings is 1. The molecule has 0 radical (unpaired) electrons. The molecular formula is C16H11N5O. The average Bonchev–Trinajstić information content (AvgIpc) is 3.13. The number of hydrogen-bond donors (Lipinski definition) is 1. The van der Waals surface area contributed by atoms with Gasteiger partial charge in [0.1, 0.15) is 28.7 Å². The van der Waals surface area contributed by atoms with Crippen molar-refractivity contribution in [1.82, 2.24) is 14.5 Å². The molecule has 3 aromatic heterocycles. The van der Waals surface area contributed by atoms with Crippen LogP contribution in [-0.2, 0) is 6.54 Å². The van der Waals surface area contributed by atoms with Gasteiger partial charge in [0.2, 0.25) is 0 Å². The lowest BCUT2D eigenvalue weighted by Crippen LogP contribution is -2.04. The molecule has 0 unspecified atom stereocenters. The van der Waals surface area contributed by atoms with Gasteiger partial charge in [-0.25, -0.2) is 9.97 Å². The SMILES string of the molecule is N#Cc1c(N)n(Cc2ccco2)c2nc3ccccc3nc12.